The van der Waals surface area contributed by atoms with Gasteiger partial charge in [0.05, 0.1) is 66.2 Å². The quantitative estimate of drug-likeness (QED) is 0.0163. The summed E-state index contributed by atoms with van der Waals surface area (Å²) in [5.41, 5.74) is 7.04. The number of esters is 1. The first-order chi connectivity index (χ1) is 37.0. The van der Waals surface area contributed by atoms with Crippen LogP contribution >= 0.6 is 12.6 Å². The molecular weight excluding hydrogens is 1020 g/mol. The smallest absolute Gasteiger partial charge is 0.340 e. The molecule has 406 valence electrons. The van der Waals surface area contributed by atoms with Gasteiger partial charge in [0.25, 0.3) is 5.56 Å². The zero-order valence-corrected chi connectivity index (χ0v) is 43.9. The van der Waals surface area contributed by atoms with Crippen molar-refractivity contribution in [1.29, 1.82) is 0 Å². The Bertz CT molecular complexity index is 3150. The van der Waals surface area contributed by atoms with E-state index in [1.165, 1.54) is 6.07 Å². The number of aryl methyl sites for hydroxylation is 2. The summed E-state index contributed by atoms with van der Waals surface area (Å²) in [6.45, 7) is 7.28. The molecule has 9 rings (SSSR count). The predicted molar refractivity (Wildman–Crippen MR) is 284 cm³/mol. The molecule has 4 aliphatic rings. The second kappa shape index (κ2) is 25.8. The number of hydrogen-bond donors (Lipinski definition) is 7. The number of fused-ring (bicyclic) bond motifs is 5. The first-order valence-electron chi connectivity index (χ1n) is 25.3. The molecule has 6 N–H and O–H groups in total. The zero-order chi connectivity index (χ0) is 55.5. The van der Waals surface area contributed by atoms with Crippen molar-refractivity contribution in [3.05, 3.63) is 127 Å². The van der Waals surface area contributed by atoms with Gasteiger partial charge in [-0.1, -0.05) is 56.3 Å². The van der Waals surface area contributed by atoms with E-state index in [0.717, 1.165) is 38.1 Å². The minimum absolute atomic E-state index is 0.0556. The van der Waals surface area contributed by atoms with Crippen molar-refractivity contribution in [2.24, 2.45) is 0 Å². The molecule has 77 heavy (non-hydrogen) atoms. The fourth-order valence-corrected chi connectivity index (χ4v) is 9.98. The highest BCUT2D eigenvalue weighted by molar-refractivity contribution is 7.82. The van der Waals surface area contributed by atoms with E-state index in [9.17, 15) is 52.6 Å². The summed E-state index contributed by atoms with van der Waals surface area (Å²) in [4.78, 5) is 114. The maximum absolute atomic E-state index is 14.9. The van der Waals surface area contributed by atoms with Gasteiger partial charge in [0.2, 0.25) is 41.9 Å². The average Bonchev–Trinajstić information content (AvgIpc) is 3.92. The van der Waals surface area contributed by atoms with E-state index in [2.05, 4.69) is 39.2 Å². The van der Waals surface area contributed by atoms with Crippen LogP contribution in [0.4, 0.5) is 10.1 Å². The molecular formula is C55H61FN8O12S. The number of aliphatic hydroxyl groups excluding tert-OH is 1. The third-order valence-corrected chi connectivity index (χ3v) is 13.8. The minimum atomic E-state index is -1.57. The van der Waals surface area contributed by atoms with Gasteiger partial charge in [-0.2, -0.15) is 12.6 Å². The maximum Gasteiger partial charge on any atom is 0.340 e. The van der Waals surface area contributed by atoms with E-state index in [-0.39, 0.29) is 117 Å². The van der Waals surface area contributed by atoms with Gasteiger partial charge in [0, 0.05) is 47.4 Å². The van der Waals surface area contributed by atoms with Gasteiger partial charge in [0.15, 0.2) is 6.10 Å². The lowest BCUT2D eigenvalue weighted by Crippen LogP contribution is -2.44. The van der Waals surface area contributed by atoms with E-state index in [4.69, 9.17) is 14.5 Å². The molecule has 4 atom stereocenters. The Hall–Kier alpha value is -7.82. The number of carbonyl (C=O) groups is 8. The van der Waals surface area contributed by atoms with Gasteiger partial charge in [-0.25, -0.2) is 19.1 Å². The molecule has 20 nitrogen and oxygen atoms in total. The number of benzene rings is 3. The summed E-state index contributed by atoms with van der Waals surface area (Å²) < 4.78 is 27.2. The Labute approximate surface area is 448 Å². The highest BCUT2D eigenvalue weighted by Crippen LogP contribution is 2.46. The van der Waals surface area contributed by atoms with E-state index in [0.29, 0.717) is 60.2 Å². The fourth-order valence-electron chi connectivity index (χ4n) is 9.70. The summed E-state index contributed by atoms with van der Waals surface area (Å²) in [6, 6.07) is 19.5. The highest BCUT2D eigenvalue weighted by atomic mass is 32.1. The Morgan fingerprint density at radius 2 is 1.61 bits per heavy atom. The fraction of sp³-hybridized carbons (Fsp3) is 0.382. The van der Waals surface area contributed by atoms with Crippen molar-refractivity contribution in [2.75, 3.05) is 37.9 Å². The number of amides is 7. The Kier molecular flexibility index (Phi) is 19.1. The molecule has 5 aromatic rings. The summed E-state index contributed by atoms with van der Waals surface area (Å²) >= 11 is 4.11. The Morgan fingerprint density at radius 3 is 2.31 bits per heavy atom. The number of anilines is 1. The summed E-state index contributed by atoms with van der Waals surface area (Å²) in [5.74, 6) is -3.39. The van der Waals surface area contributed by atoms with Gasteiger partial charge in [-0.05, 0) is 85.5 Å². The molecule has 0 spiro atoms. The zero-order valence-electron chi connectivity index (χ0n) is 43.0. The molecule has 0 saturated carbocycles. The van der Waals surface area contributed by atoms with E-state index in [1.54, 1.807) is 41.8 Å². The van der Waals surface area contributed by atoms with Crippen LogP contribution in [0.1, 0.15) is 96.6 Å². The van der Waals surface area contributed by atoms with E-state index >= 15 is 0 Å². The maximum atomic E-state index is 14.9. The van der Waals surface area contributed by atoms with Crippen LogP contribution in [0, 0.1) is 12.7 Å². The standard InChI is InChI=1S/C27H25FN4O7.C26H30N4O5S.C2H6/c1-12-14-3-2-13(8-38-11-30-21(34)6-29-10-33)22-16-7-32-20(24(16)31-19(23(14)22)5-18(12)28)4-15-17(26(32)36)9-39-27(37)25(15)35;1-17(13-19-5-3-2-4-6-19)29-24(33)16-28-23(32)15-27-22(31)12-9-18-7-10-20(11-8-18)30-25(34)14-21(36)26(30)35;1-2/h4-5,10,13,25,35H,2-3,6-9,11H2,1H3,(H,29,33)(H,30,34);2-8,10-11,17,21,36H,9,12-16H2,1H3,(H,27,31)(H,28,32)(H,29,33);1-2H3. The van der Waals surface area contributed by atoms with Crippen LogP contribution in [0.3, 0.4) is 0 Å². The number of pyridine rings is 2. The number of halogens is 1. The summed E-state index contributed by atoms with van der Waals surface area (Å²) in [6.07, 6.45) is 1.48. The molecule has 2 aromatic heterocycles. The second-order valence-corrected chi connectivity index (χ2v) is 19.2. The number of cyclic esters (lactones) is 1. The normalized spacial score (nSPS) is 17.0. The van der Waals surface area contributed by atoms with E-state index in [1.807, 2.05) is 51.1 Å². The monoisotopic (exact) mass is 1080 g/mol. The number of hydrogen-bond acceptors (Lipinski definition) is 14. The highest BCUT2D eigenvalue weighted by Gasteiger charge is 2.39. The number of thiol groups is 1. The molecule has 1 fully saturated rings. The number of nitrogens with zero attached hydrogens (tertiary/aromatic N) is 3. The molecule has 22 heteroatoms. The van der Waals surface area contributed by atoms with Crippen LogP contribution in [0.15, 0.2) is 71.5 Å². The molecule has 3 aliphatic heterocycles. The molecule has 1 aliphatic carbocycles. The number of nitrogens with one attached hydrogen (secondary N) is 5. The number of ether oxygens (including phenoxy) is 2. The molecule has 0 radical (unpaired) electrons. The number of aliphatic hydroxyl groups is 1. The van der Waals surface area contributed by atoms with Crippen LogP contribution < -0.4 is 37.0 Å². The number of imide groups is 1. The Morgan fingerprint density at radius 1 is 0.909 bits per heavy atom. The lowest BCUT2D eigenvalue weighted by Gasteiger charge is -2.29. The van der Waals surface area contributed by atoms with Gasteiger partial charge >= 0.3 is 5.97 Å². The molecule has 4 unspecified atom stereocenters. The van der Waals surface area contributed by atoms with Crippen LogP contribution in [0.5, 0.6) is 0 Å². The van der Waals surface area contributed by atoms with Crippen molar-refractivity contribution < 1.29 is 57.3 Å². The number of carbonyl (C=O) groups excluding carboxylic acids is 8. The number of rotatable bonds is 18. The van der Waals surface area contributed by atoms with Crippen molar-refractivity contribution in [3.8, 4) is 11.4 Å². The average molecular weight is 1080 g/mol. The summed E-state index contributed by atoms with van der Waals surface area (Å²) in [7, 11) is 0. The molecule has 7 amide bonds. The van der Waals surface area contributed by atoms with E-state index < -0.39 is 29.1 Å². The summed E-state index contributed by atoms with van der Waals surface area (Å²) in [5, 5.41) is 23.4. The largest absolute Gasteiger partial charge is 0.458 e. The van der Waals surface area contributed by atoms with Crippen molar-refractivity contribution in [1.82, 2.24) is 36.1 Å². The SMILES string of the molecule is CC.CC(Cc1ccccc1)NC(=O)CNC(=O)CNC(=O)CCc1ccc(N2C(=O)CC(S)C2=O)cc1.Cc1c(F)cc2nc3c(c4c2c1CCC4COCNC(=O)CNC=O)Cn1c-3cc2c(c1=O)COC(=O)C2O. The minimum Gasteiger partial charge on any atom is -0.458 e. The lowest BCUT2D eigenvalue weighted by molar-refractivity contribution is -0.157. The molecule has 1 saturated heterocycles. The topological polar surface area (TPSA) is 274 Å². The van der Waals surface area contributed by atoms with Gasteiger partial charge in [-0.15, -0.1) is 0 Å². The third-order valence-electron chi connectivity index (χ3n) is 13.4. The van der Waals surface area contributed by atoms with Crippen molar-refractivity contribution >= 4 is 77.0 Å². The first kappa shape index (κ1) is 56.9. The van der Waals surface area contributed by atoms with Gasteiger partial charge in [0.1, 0.15) is 19.2 Å². The molecule has 0 bridgehead atoms. The van der Waals surface area contributed by atoms with Crippen molar-refractivity contribution in [2.45, 2.75) is 103 Å². The third kappa shape index (κ3) is 13.2. The van der Waals surface area contributed by atoms with Crippen LogP contribution in [0.25, 0.3) is 22.3 Å². The molecule has 5 heterocycles. The predicted octanol–water partition coefficient (Wildman–Crippen LogP) is 3.02. The Balaban J connectivity index is 0.000000218. The van der Waals surface area contributed by atoms with Crippen LogP contribution in [-0.2, 0) is 80.2 Å². The second-order valence-electron chi connectivity index (χ2n) is 18.6. The lowest BCUT2D eigenvalue weighted by atomic mass is 9.78. The number of aromatic nitrogens is 2. The van der Waals surface area contributed by atoms with Crippen LogP contribution in [0.2, 0.25) is 0 Å². The van der Waals surface area contributed by atoms with Gasteiger partial charge < -0.3 is 45.7 Å². The first-order valence-corrected chi connectivity index (χ1v) is 25.8. The van der Waals surface area contributed by atoms with Gasteiger partial charge in [-0.3, -0.25) is 38.4 Å². The molecule has 3 aromatic carbocycles. The van der Waals surface area contributed by atoms with Crippen molar-refractivity contribution in [3.63, 3.8) is 0 Å². The van der Waals surface area contributed by atoms with Crippen LogP contribution in [-0.4, -0.2) is 107 Å².